The van der Waals surface area contributed by atoms with Gasteiger partial charge >= 0.3 is 0 Å². The lowest BCUT2D eigenvalue weighted by atomic mass is 9.85. The highest BCUT2D eigenvalue weighted by Crippen LogP contribution is 2.25. The molecule has 1 aliphatic carbocycles. The second kappa shape index (κ2) is 4.37. The van der Waals surface area contributed by atoms with Gasteiger partial charge in [0, 0.05) is 12.5 Å². The summed E-state index contributed by atoms with van der Waals surface area (Å²) in [6, 6.07) is 0. The fourth-order valence-electron chi connectivity index (χ4n) is 1.15. The van der Waals surface area contributed by atoms with Crippen LogP contribution < -0.4 is 5.32 Å². The maximum absolute atomic E-state index is 11.2. The van der Waals surface area contributed by atoms with E-state index in [4.69, 9.17) is 0 Å². The van der Waals surface area contributed by atoms with E-state index in [2.05, 4.69) is 12.2 Å². The summed E-state index contributed by atoms with van der Waals surface area (Å²) in [6.07, 6.45) is 5.32. The number of rotatable bonds is 4. The van der Waals surface area contributed by atoms with E-state index >= 15 is 0 Å². The molecule has 0 bridgehead atoms. The second-order valence-electron chi connectivity index (χ2n) is 3.13. The molecule has 0 aromatic carbocycles. The molecule has 1 fully saturated rings. The highest BCUT2D eigenvalue weighted by Gasteiger charge is 2.24. The summed E-state index contributed by atoms with van der Waals surface area (Å²) >= 11 is 0. The molecule has 1 aliphatic rings. The predicted octanol–water partition coefficient (Wildman–Crippen LogP) is 1.52. The van der Waals surface area contributed by atoms with Gasteiger partial charge in [-0.1, -0.05) is 19.8 Å². The Morgan fingerprint density at radius 1 is 1.55 bits per heavy atom. The van der Waals surface area contributed by atoms with Crippen LogP contribution in [0, 0.1) is 12.8 Å². The zero-order chi connectivity index (χ0) is 8.10. The number of hydrogen-bond acceptors (Lipinski definition) is 1. The monoisotopic (exact) mass is 154 g/mol. The van der Waals surface area contributed by atoms with E-state index in [9.17, 15) is 4.79 Å². The minimum absolute atomic E-state index is 0.254. The van der Waals surface area contributed by atoms with Crippen molar-refractivity contribution in [1.82, 2.24) is 5.32 Å². The summed E-state index contributed by atoms with van der Waals surface area (Å²) in [6.45, 7) is 4.51. The molecule has 2 heteroatoms. The van der Waals surface area contributed by atoms with Gasteiger partial charge in [-0.3, -0.25) is 4.79 Å². The molecule has 63 valence electrons. The summed E-state index contributed by atoms with van der Waals surface area (Å²) < 4.78 is 0. The van der Waals surface area contributed by atoms with E-state index in [1.54, 1.807) is 0 Å². The molecule has 0 aliphatic heterocycles. The van der Waals surface area contributed by atoms with Gasteiger partial charge in [-0.25, -0.2) is 0 Å². The number of carbonyl (C=O) groups excluding carboxylic acids is 1. The highest BCUT2D eigenvalue weighted by atomic mass is 16.1. The lowest BCUT2D eigenvalue weighted by Crippen LogP contribution is -2.34. The van der Waals surface area contributed by atoms with Gasteiger partial charge in [0.15, 0.2) is 0 Å². The molecule has 2 nitrogen and oxygen atoms in total. The summed E-state index contributed by atoms with van der Waals surface area (Å²) in [5, 5.41) is 2.91. The van der Waals surface area contributed by atoms with E-state index in [0.717, 1.165) is 32.2 Å². The smallest absolute Gasteiger partial charge is 0.223 e. The first-order chi connectivity index (χ1) is 5.34. The molecule has 0 unspecified atom stereocenters. The highest BCUT2D eigenvalue weighted by molar-refractivity contribution is 5.79. The minimum atomic E-state index is 0.254. The molecule has 1 amide bonds. The van der Waals surface area contributed by atoms with Crippen molar-refractivity contribution < 1.29 is 4.79 Å². The second-order valence-corrected chi connectivity index (χ2v) is 3.13. The van der Waals surface area contributed by atoms with Crippen molar-refractivity contribution in [3.63, 3.8) is 0 Å². The van der Waals surface area contributed by atoms with Crippen molar-refractivity contribution in [2.45, 2.75) is 32.1 Å². The molecule has 1 N–H and O–H groups in total. The van der Waals surface area contributed by atoms with Crippen LogP contribution in [0.1, 0.15) is 32.1 Å². The van der Waals surface area contributed by atoms with Gasteiger partial charge in [-0.2, -0.15) is 0 Å². The maximum atomic E-state index is 11.2. The lowest BCUT2D eigenvalue weighted by molar-refractivity contribution is -0.127. The van der Waals surface area contributed by atoms with Gasteiger partial charge in [-0.15, -0.1) is 0 Å². The largest absolute Gasteiger partial charge is 0.356 e. The van der Waals surface area contributed by atoms with Gasteiger partial charge in [0.05, 0.1) is 0 Å². The van der Waals surface area contributed by atoms with Crippen LogP contribution in [-0.2, 0) is 4.79 Å². The Balaban J connectivity index is 2.01. The van der Waals surface area contributed by atoms with Crippen molar-refractivity contribution in [2.75, 3.05) is 6.54 Å². The van der Waals surface area contributed by atoms with Gasteiger partial charge in [0.25, 0.3) is 0 Å². The van der Waals surface area contributed by atoms with Crippen LogP contribution in [0.2, 0.25) is 0 Å². The molecule has 0 aromatic heterocycles. The Morgan fingerprint density at radius 2 is 2.27 bits per heavy atom. The average Bonchev–Trinajstić information content (AvgIpc) is 1.84. The standard InChI is InChI=1S/C9H16NO/c1-2-3-7-10-9(11)8-5-4-6-8/h8H,1-7H2,(H,10,11). The van der Waals surface area contributed by atoms with Gasteiger partial charge in [-0.05, 0) is 19.3 Å². The summed E-state index contributed by atoms with van der Waals surface area (Å²) in [5.74, 6) is 0.588. The number of amides is 1. The Hall–Kier alpha value is -0.530. The van der Waals surface area contributed by atoms with Gasteiger partial charge in [0.2, 0.25) is 5.91 Å². The molecule has 0 saturated heterocycles. The van der Waals surface area contributed by atoms with Crippen molar-refractivity contribution >= 4 is 5.91 Å². The molecular formula is C9H16NO. The van der Waals surface area contributed by atoms with Crippen LogP contribution in [0.25, 0.3) is 0 Å². The van der Waals surface area contributed by atoms with E-state index in [0.29, 0.717) is 5.92 Å². The van der Waals surface area contributed by atoms with Crippen molar-refractivity contribution in [2.24, 2.45) is 5.92 Å². The molecule has 1 rings (SSSR count). The van der Waals surface area contributed by atoms with Gasteiger partial charge < -0.3 is 5.32 Å². The SMILES string of the molecule is [CH2]CCCNC(=O)C1CCC1. The van der Waals surface area contributed by atoms with Crippen LogP contribution in [-0.4, -0.2) is 12.5 Å². The third-order valence-electron chi connectivity index (χ3n) is 2.20. The number of unbranched alkanes of at least 4 members (excludes halogenated alkanes) is 1. The number of carbonyl (C=O) groups is 1. The third-order valence-corrected chi connectivity index (χ3v) is 2.20. The van der Waals surface area contributed by atoms with E-state index < -0.39 is 0 Å². The van der Waals surface area contributed by atoms with E-state index in [-0.39, 0.29) is 5.91 Å². The molecule has 11 heavy (non-hydrogen) atoms. The van der Waals surface area contributed by atoms with Crippen LogP contribution >= 0.6 is 0 Å². The van der Waals surface area contributed by atoms with Gasteiger partial charge in [0.1, 0.15) is 0 Å². The maximum Gasteiger partial charge on any atom is 0.223 e. The molecule has 0 spiro atoms. The zero-order valence-electron chi connectivity index (χ0n) is 6.94. The third kappa shape index (κ3) is 2.52. The van der Waals surface area contributed by atoms with Crippen molar-refractivity contribution in [1.29, 1.82) is 0 Å². The fraction of sp³-hybridized carbons (Fsp3) is 0.778. The molecule has 1 saturated carbocycles. The Bertz CT molecular complexity index is 130. The number of hydrogen-bond donors (Lipinski definition) is 1. The Morgan fingerprint density at radius 3 is 2.73 bits per heavy atom. The zero-order valence-corrected chi connectivity index (χ0v) is 6.94. The molecule has 0 atom stereocenters. The topological polar surface area (TPSA) is 29.1 Å². The minimum Gasteiger partial charge on any atom is -0.356 e. The van der Waals surface area contributed by atoms with E-state index in [1.165, 1.54) is 6.42 Å². The van der Waals surface area contributed by atoms with Crippen LogP contribution in [0.5, 0.6) is 0 Å². The number of nitrogens with one attached hydrogen (secondary N) is 1. The van der Waals surface area contributed by atoms with Crippen LogP contribution in [0.3, 0.4) is 0 Å². The quantitative estimate of drug-likeness (QED) is 0.611. The summed E-state index contributed by atoms with van der Waals surface area (Å²) in [4.78, 5) is 11.2. The Labute approximate surface area is 68.4 Å². The van der Waals surface area contributed by atoms with Crippen molar-refractivity contribution in [3.8, 4) is 0 Å². The van der Waals surface area contributed by atoms with E-state index in [1.807, 2.05) is 0 Å². The Kier molecular flexibility index (Phi) is 3.40. The molecule has 0 aromatic rings. The first-order valence-corrected chi connectivity index (χ1v) is 4.41. The fourth-order valence-corrected chi connectivity index (χ4v) is 1.15. The first kappa shape index (κ1) is 8.57. The molecule has 1 radical (unpaired) electrons. The lowest BCUT2D eigenvalue weighted by Gasteiger charge is -2.23. The van der Waals surface area contributed by atoms with Crippen LogP contribution in [0.15, 0.2) is 0 Å². The normalized spacial score (nSPS) is 17.5. The molecule has 0 heterocycles. The molecular weight excluding hydrogens is 138 g/mol. The predicted molar refractivity (Wildman–Crippen MR) is 44.9 cm³/mol. The average molecular weight is 154 g/mol. The first-order valence-electron chi connectivity index (χ1n) is 4.41. The van der Waals surface area contributed by atoms with Crippen LogP contribution in [0.4, 0.5) is 0 Å². The summed E-state index contributed by atoms with van der Waals surface area (Å²) in [5.41, 5.74) is 0. The van der Waals surface area contributed by atoms with Crippen molar-refractivity contribution in [3.05, 3.63) is 6.92 Å². The summed E-state index contributed by atoms with van der Waals surface area (Å²) in [7, 11) is 0.